The summed E-state index contributed by atoms with van der Waals surface area (Å²) in [6.07, 6.45) is -11.0. The summed E-state index contributed by atoms with van der Waals surface area (Å²) >= 11 is 0. The van der Waals surface area contributed by atoms with Gasteiger partial charge in [0.2, 0.25) is 5.41 Å². The second-order valence-corrected chi connectivity index (χ2v) is 8.83. The Hall–Kier alpha value is -3.54. The number of hydrogen-bond donors (Lipinski definition) is 0. The Morgan fingerprint density at radius 1 is 0.318 bits per heavy atom. The van der Waals surface area contributed by atoms with Crippen LogP contribution in [-0.2, 0) is 10.8 Å². The molecule has 0 aromatic heterocycles. The molecule has 244 valence electrons. The SMILES string of the molecule is CC.CC.CC.CC.CC(C)(c1ccccc1)c1ccccc1.FC(F)(F)C(c1ccccc1)(c1ccccc1)C(F)(F)F. The van der Waals surface area contributed by atoms with Gasteiger partial charge in [0.05, 0.1) is 0 Å². The van der Waals surface area contributed by atoms with Gasteiger partial charge in [-0.1, -0.05) is 191 Å². The van der Waals surface area contributed by atoms with Crippen molar-refractivity contribution in [1.29, 1.82) is 0 Å². The summed E-state index contributed by atoms with van der Waals surface area (Å²) in [7, 11) is 0. The van der Waals surface area contributed by atoms with Crippen molar-refractivity contribution in [1.82, 2.24) is 0 Å². The van der Waals surface area contributed by atoms with Gasteiger partial charge in [-0.25, -0.2) is 0 Å². The topological polar surface area (TPSA) is 0 Å². The lowest BCUT2D eigenvalue weighted by Crippen LogP contribution is -2.54. The van der Waals surface area contributed by atoms with E-state index in [2.05, 4.69) is 74.5 Å². The first-order chi connectivity index (χ1) is 20.9. The molecule has 44 heavy (non-hydrogen) atoms. The van der Waals surface area contributed by atoms with Crippen LogP contribution in [0.3, 0.4) is 0 Å². The molecule has 4 rings (SSSR count). The van der Waals surface area contributed by atoms with E-state index in [1.807, 2.05) is 55.4 Å². The highest BCUT2D eigenvalue weighted by molar-refractivity contribution is 5.44. The van der Waals surface area contributed by atoms with Crippen LogP contribution >= 0.6 is 0 Å². The van der Waals surface area contributed by atoms with Gasteiger partial charge in [0.15, 0.2) is 0 Å². The molecule has 0 nitrogen and oxygen atoms in total. The van der Waals surface area contributed by atoms with Crippen LogP contribution in [0.4, 0.5) is 26.3 Å². The van der Waals surface area contributed by atoms with Gasteiger partial charge in [-0.15, -0.1) is 0 Å². The lowest BCUT2D eigenvalue weighted by Gasteiger charge is -2.38. The van der Waals surface area contributed by atoms with Crippen LogP contribution in [-0.4, -0.2) is 12.4 Å². The van der Waals surface area contributed by atoms with Crippen LogP contribution in [0.25, 0.3) is 0 Å². The van der Waals surface area contributed by atoms with Crippen molar-refractivity contribution >= 4 is 0 Å². The monoisotopic (exact) mass is 620 g/mol. The van der Waals surface area contributed by atoms with Crippen LogP contribution in [0.1, 0.15) is 91.5 Å². The maximum Gasteiger partial charge on any atom is 0.411 e. The minimum Gasteiger partial charge on any atom is -0.169 e. The summed E-state index contributed by atoms with van der Waals surface area (Å²) in [6.45, 7) is 20.5. The molecule has 0 aliphatic carbocycles. The molecule has 6 heteroatoms. The smallest absolute Gasteiger partial charge is 0.169 e. The highest BCUT2D eigenvalue weighted by atomic mass is 19.4. The summed E-state index contributed by atoms with van der Waals surface area (Å²) in [5.74, 6) is 0. The molecule has 0 radical (unpaired) electrons. The third-order valence-electron chi connectivity index (χ3n) is 6.25. The molecule has 4 aromatic carbocycles. The molecule has 0 aliphatic heterocycles. The van der Waals surface area contributed by atoms with E-state index in [4.69, 9.17) is 0 Å². The standard InChI is InChI=1S/C15H10F6.C15H16.4C2H6/c16-14(17,18)13(15(19,20)21,11-7-3-1-4-8-11)12-9-5-2-6-10-12;1-15(2,13-9-5-3-6-10-13)14-11-7-4-8-12-14;4*1-2/h1-10H;3-12H,1-2H3;4*1-2H3. The molecule has 0 spiro atoms. The van der Waals surface area contributed by atoms with Gasteiger partial charge in [0.1, 0.15) is 0 Å². The lowest BCUT2D eigenvalue weighted by molar-refractivity contribution is -0.288. The van der Waals surface area contributed by atoms with E-state index in [9.17, 15) is 26.3 Å². The van der Waals surface area contributed by atoms with E-state index >= 15 is 0 Å². The number of alkyl halides is 6. The van der Waals surface area contributed by atoms with Crippen molar-refractivity contribution in [2.24, 2.45) is 0 Å². The average Bonchev–Trinajstić information content (AvgIpc) is 3.06. The maximum absolute atomic E-state index is 13.5. The molecule has 0 saturated heterocycles. The summed E-state index contributed by atoms with van der Waals surface area (Å²) < 4.78 is 81.1. The number of rotatable bonds is 4. The lowest BCUT2D eigenvalue weighted by atomic mass is 9.73. The van der Waals surface area contributed by atoms with Gasteiger partial charge in [0, 0.05) is 5.41 Å². The van der Waals surface area contributed by atoms with Gasteiger partial charge in [-0.2, -0.15) is 26.3 Å². The Balaban J connectivity index is 0. The van der Waals surface area contributed by atoms with Gasteiger partial charge in [0.25, 0.3) is 0 Å². The zero-order chi connectivity index (χ0) is 34.5. The van der Waals surface area contributed by atoms with Gasteiger partial charge >= 0.3 is 12.4 Å². The molecule has 0 aliphatic rings. The van der Waals surface area contributed by atoms with E-state index in [0.29, 0.717) is 0 Å². The third kappa shape index (κ3) is 10.9. The Morgan fingerprint density at radius 2 is 0.500 bits per heavy atom. The zero-order valence-corrected chi connectivity index (χ0v) is 27.8. The van der Waals surface area contributed by atoms with E-state index in [1.165, 1.54) is 23.3 Å². The summed E-state index contributed by atoms with van der Waals surface area (Å²) in [5.41, 5.74) is -2.94. The summed E-state index contributed by atoms with van der Waals surface area (Å²) in [6, 6.07) is 32.0. The van der Waals surface area contributed by atoms with Gasteiger partial charge < -0.3 is 0 Å². The van der Waals surface area contributed by atoms with E-state index in [-0.39, 0.29) is 5.41 Å². The van der Waals surface area contributed by atoms with Gasteiger partial charge in [-0.3, -0.25) is 0 Å². The normalized spacial score (nSPS) is 10.7. The second kappa shape index (κ2) is 21.2. The van der Waals surface area contributed by atoms with Crippen LogP contribution in [0.2, 0.25) is 0 Å². The van der Waals surface area contributed by atoms with Crippen LogP contribution in [0, 0.1) is 0 Å². The van der Waals surface area contributed by atoms with Crippen LogP contribution in [0.15, 0.2) is 121 Å². The number of hydrogen-bond acceptors (Lipinski definition) is 0. The fourth-order valence-electron chi connectivity index (χ4n) is 4.23. The predicted molar refractivity (Wildman–Crippen MR) is 176 cm³/mol. The van der Waals surface area contributed by atoms with Crippen molar-refractivity contribution in [2.75, 3.05) is 0 Å². The van der Waals surface area contributed by atoms with Crippen LogP contribution < -0.4 is 0 Å². The predicted octanol–water partition coefficient (Wildman–Crippen LogP) is 13.2. The first kappa shape index (κ1) is 42.6. The molecule has 0 amide bonds. The maximum atomic E-state index is 13.5. The van der Waals surface area contributed by atoms with E-state index in [0.717, 1.165) is 48.5 Å². The quantitative estimate of drug-likeness (QED) is 0.199. The molecule has 0 heterocycles. The van der Waals surface area contributed by atoms with Crippen LogP contribution in [0.5, 0.6) is 0 Å². The molecule has 0 bridgehead atoms. The fraction of sp³-hybridized carbons (Fsp3) is 0.368. The molecule has 0 atom stereocenters. The number of halogens is 6. The largest absolute Gasteiger partial charge is 0.411 e. The van der Waals surface area contributed by atoms with Crippen molar-refractivity contribution in [3.05, 3.63) is 144 Å². The second-order valence-electron chi connectivity index (χ2n) is 8.83. The molecule has 0 N–H and O–H groups in total. The Labute approximate surface area is 262 Å². The average molecular weight is 621 g/mol. The Morgan fingerprint density at radius 3 is 0.682 bits per heavy atom. The molecular formula is C38H50F6. The highest BCUT2D eigenvalue weighted by Crippen LogP contribution is 2.55. The summed E-state index contributed by atoms with van der Waals surface area (Å²) in [5, 5.41) is 0. The fourth-order valence-corrected chi connectivity index (χ4v) is 4.23. The number of benzene rings is 4. The molecule has 0 saturated carbocycles. The Kier molecular flexibility index (Phi) is 20.5. The van der Waals surface area contributed by atoms with Crippen molar-refractivity contribution in [3.8, 4) is 0 Å². The first-order valence-electron chi connectivity index (χ1n) is 15.3. The molecule has 0 fully saturated rings. The van der Waals surface area contributed by atoms with Crippen molar-refractivity contribution in [2.45, 2.75) is 92.4 Å². The molecule has 0 unspecified atom stereocenters. The van der Waals surface area contributed by atoms with E-state index in [1.54, 1.807) is 0 Å². The van der Waals surface area contributed by atoms with Crippen molar-refractivity contribution < 1.29 is 26.3 Å². The van der Waals surface area contributed by atoms with Gasteiger partial charge in [-0.05, 0) is 22.3 Å². The minimum atomic E-state index is -5.52. The zero-order valence-electron chi connectivity index (χ0n) is 27.8. The Bertz CT molecular complexity index is 1100. The minimum absolute atomic E-state index is 0.0858. The third-order valence-corrected chi connectivity index (χ3v) is 6.25. The first-order valence-corrected chi connectivity index (χ1v) is 15.3. The highest BCUT2D eigenvalue weighted by Gasteiger charge is 2.72. The van der Waals surface area contributed by atoms with Crippen molar-refractivity contribution in [3.63, 3.8) is 0 Å². The molecular weight excluding hydrogens is 570 g/mol. The molecule has 4 aromatic rings. The van der Waals surface area contributed by atoms with E-state index < -0.39 is 28.9 Å². The summed E-state index contributed by atoms with van der Waals surface area (Å²) in [4.78, 5) is 0.